The number of hydrogen-bond donors (Lipinski definition) is 2. The number of nitrogens with zero attached hydrogens (tertiary/aromatic N) is 3. The third kappa shape index (κ3) is 4.92. The van der Waals surface area contributed by atoms with Crippen molar-refractivity contribution in [2.45, 2.75) is 26.2 Å². The monoisotopic (exact) mass is 461 g/mol. The molecule has 0 spiro atoms. The van der Waals surface area contributed by atoms with Crippen LogP contribution in [0.25, 0.3) is 16.9 Å². The quantitative estimate of drug-likeness (QED) is 0.306. The van der Waals surface area contributed by atoms with Crippen molar-refractivity contribution in [3.63, 3.8) is 0 Å². The molecule has 5 rings (SSSR count). The number of aromatic nitrogens is 3. The van der Waals surface area contributed by atoms with Crippen LogP contribution in [-0.2, 0) is 5.41 Å². The van der Waals surface area contributed by atoms with Crippen molar-refractivity contribution < 1.29 is 4.79 Å². The molecule has 0 fully saturated rings. The Kier molecular flexibility index (Phi) is 5.79. The fraction of sp³-hybridized carbons (Fsp3) is 0.138. The second-order valence-corrected chi connectivity index (χ2v) is 9.49. The molecule has 174 valence electrons. The third-order valence-electron chi connectivity index (χ3n) is 5.84. The average Bonchev–Trinajstić information content (AvgIpc) is 3.34. The van der Waals surface area contributed by atoms with Crippen molar-refractivity contribution in [1.29, 1.82) is 0 Å². The van der Waals surface area contributed by atoms with Crippen LogP contribution >= 0.6 is 0 Å². The first-order valence-corrected chi connectivity index (χ1v) is 11.5. The minimum absolute atomic E-state index is 0.0426. The Labute approximate surface area is 204 Å². The van der Waals surface area contributed by atoms with Gasteiger partial charge in [0.05, 0.1) is 5.69 Å². The van der Waals surface area contributed by atoms with Gasteiger partial charge in [-0.05, 0) is 47.4 Å². The van der Waals surface area contributed by atoms with Crippen molar-refractivity contribution in [1.82, 2.24) is 14.4 Å². The minimum atomic E-state index is -0.146. The van der Waals surface area contributed by atoms with Crippen LogP contribution in [0.3, 0.4) is 0 Å². The highest BCUT2D eigenvalue weighted by atomic mass is 16.1. The number of nitrogens with one attached hydrogen (secondary N) is 2. The summed E-state index contributed by atoms with van der Waals surface area (Å²) in [5.41, 5.74) is 5.88. The first-order chi connectivity index (χ1) is 16.9. The summed E-state index contributed by atoms with van der Waals surface area (Å²) < 4.78 is 1.94. The molecule has 0 aliphatic carbocycles. The smallest absolute Gasteiger partial charge is 0.255 e. The lowest BCUT2D eigenvalue weighted by Gasteiger charge is -2.19. The summed E-state index contributed by atoms with van der Waals surface area (Å²) in [4.78, 5) is 22.2. The van der Waals surface area contributed by atoms with E-state index in [0.29, 0.717) is 17.1 Å². The summed E-state index contributed by atoms with van der Waals surface area (Å²) in [5, 5.41) is 6.37. The maximum absolute atomic E-state index is 12.9. The number of amides is 1. The van der Waals surface area contributed by atoms with E-state index < -0.39 is 0 Å². The van der Waals surface area contributed by atoms with Gasteiger partial charge in [-0.1, -0.05) is 63.2 Å². The Morgan fingerprint density at radius 1 is 0.886 bits per heavy atom. The van der Waals surface area contributed by atoms with E-state index in [4.69, 9.17) is 4.98 Å². The summed E-state index contributed by atoms with van der Waals surface area (Å²) in [7, 11) is 0. The SMILES string of the molecule is CC(C)(C)c1ccc(C(=O)Nc2cccc(-c3cn4ccnc4c(Nc4ccccc4)n3)c2)cc1. The Bertz CT molecular complexity index is 1480. The van der Waals surface area contributed by atoms with Gasteiger partial charge >= 0.3 is 0 Å². The van der Waals surface area contributed by atoms with Crippen LogP contribution in [0.2, 0.25) is 0 Å². The normalized spacial score (nSPS) is 11.4. The minimum Gasteiger partial charge on any atom is -0.337 e. The summed E-state index contributed by atoms with van der Waals surface area (Å²) >= 11 is 0. The van der Waals surface area contributed by atoms with Gasteiger partial charge in [0.2, 0.25) is 0 Å². The van der Waals surface area contributed by atoms with Crippen LogP contribution in [-0.4, -0.2) is 20.3 Å². The molecule has 0 saturated carbocycles. The molecule has 0 aliphatic heterocycles. The van der Waals surface area contributed by atoms with Gasteiger partial charge in [0.1, 0.15) is 0 Å². The van der Waals surface area contributed by atoms with Crippen LogP contribution < -0.4 is 10.6 Å². The van der Waals surface area contributed by atoms with Gasteiger partial charge in [0.15, 0.2) is 11.5 Å². The lowest BCUT2D eigenvalue weighted by molar-refractivity contribution is 0.102. The van der Waals surface area contributed by atoms with Crippen molar-refractivity contribution in [3.05, 3.63) is 109 Å². The molecule has 5 aromatic rings. The molecule has 0 unspecified atom stereocenters. The zero-order valence-corrected chi connectivity index (χ0v) is 20.0. The summed E-state index contributed by atoms with van der Waals surface area (Å²) in [6.45, 7) is 6.47. The van der Waals surface area contributed by atoms with Crippen LogP contribution in [0.5, 0.6) is 0 Å². The van der Waals surface area contributed by atoms with E-state index in [-0.39, 0.29) is 11.3 Å². The van der Waals surface area contributed by atoms with Crippen LogP contribution in [0, 0.1) is 0 Å². The second-order valence-electron chi connectivity index (χ2n) is 9.49. The van der Waals surface area contributed by atoms with Gasteiger partial charge in [0.25, 0.3) is 5.91 Å². The molecule has 2 aromatic heterocycles. The molecule has 2 N–H and O–H groups in total. The average molecular weight is 462 g/mol. The van der Waals surface area contributed by atoms with Crippen LogP contribution in [0.1, 0.15) is 36.7 Å². The fourth-order valence-electron chi connectivity index (χ4n) is 3.89. The lowest BCUT2D eigenvalue weighted by atomic mass is 9.87. The molecule has 35 heavy (non-hydrogen) atoms. The zero-order chi connectivity index (χ0) is 24.4. The Morgan fingerprint density at radius 2 is 1.63 bits per heavy atom. The highest BCUT2D eigenvalue weighted by Crippen LogP contribution is 2.27. The maximum Gasteiger partial charge on any atom is 0.255 e. The van der Waals surface area contributed by atoms with E-state index in [1.54, 1.807) is 6.20 Å². The van der Waals surface area contributed by atoms with Gasteiger partial charge in [-0.3, -0.25) is 4.79 Å². The highest BCUT2D eigenvalue weighted by Gasteiger charge is 2.15. The summed E-state index contributed by atoms with van der Waals surface area (Å²) in [5.74, 6) is 0.513. The van der Waals surface area contributed by atoms with Crippen LogP contribution in [0.15, 0.2) is 97.5 Å². The third-order valence-corrected chi connectivity index (χ3v) is 5.84. The van der Waals surface area contributed by atoms with Crippen molar-refractivity contribution >= 4 is 28.7 Å². The van der Waals surface area contributed by atoms with E-state index in [0.717, 1.165) is 22.6 Å². The molecule has 6 nitrogen and oxygen atoms in total. The maximum atomic E-state index is 12.9. The Morgan fingerprint density at radius 3 is 2.37 bits per heavy atom. The van der Waals surface area contributed by atoms with Crippen LogP contribution in [0.4, 0.5) is 17.2 Å². The second kappa shape index (κ2) is 9.06. The van der Waals surface area contributed by atoms with Gasteiger partial charge in [-0.25, -0.2) is 9.97 Å². The molecule has 0 aliphatic rings. The summed E-state index contributed by atoms with van der Waals surface area (Å²) in [6, 6.07) is 25.3. The first-order valence-electron chi connectivity index (χ1n) is 11.5. The predicted octanol–water partition coefficient (Wildman–Crippen LogP) is 6.69. The molecule has 1 amide bonds. The standard InChI is InChI=1S/C29H27N5O/c1-29(2,3)22-14-12-20(13-15-22)28(35)32-24-11-7-8-21(18-24)25-19-34-17-16-30-27(34)26(33-25)31-23-9-5-4-6-10-23/h4-19H,1-3H3,(H,31,33)(H,32,35). The number of fused-ring (bicyclic) bond motifs is 1. The Hall–Kier alpha value is -4.45. The summed E-state index contributed by atoms with van der Waals surface area (Å²) in [6.07, 6.45) is 5.58. The molecule has 0 saturated heterocycles. The molecular formula is C29H27N5O. The largest absolute Gasteiger partial charge is 0.337 e. The number of imidazole rings is 1. The molecule has 0 atom stereocenters. The van der Waals surface area contributed by atoms with Gasteiger partial charge < -0.3 is 15.0 Å². The number of anilines is 3. The molecule has 6 heteroatoms. The molecule has 2 heterocycles. The molecular weight excluding hydrogens is 434 g/mol. The van der Waals surface area contributed by atoms with Gasteiger partial charge in [-0.2, -0.15) is 0 Å². The predicted molar refractivity (Wildman–Crippen MR) is 141 cm³/mol. The van der Waals surface area contributed by atoms with Gasteiger partial charge in [0, 0.05) is 41.1 Å². The molecule has 0 radical (unpaired) electrons. The number of carbonyl (C=O) groups excluding carboxylic acids is 1. The van der Waals surface area contributed by atoms with Crippen molar-refractivity contribution in [2.24, 2.45) is 0 Å². The van der Waals surface area contributed by atoms with E-state index in [1.165, 1.54) is 5.56 Å². The number of benzene rings is 3. The van der Waals surface area contributed by atoms with Gasteiger partial charge in [-0.15, -0.1) is 0 Å². The Balaban J connectivity index is 1.41. The highest BCUT2D eigenvalue weighted by molar-refractivity contribution is 6.04. The van der Waals surface area contributed by atoms with Crippen molar-refractivity contribution in [2.75, 3.05) is 10.6 Å². The van der Waals surface area contributed by atoms with E-state index in [1.807, 2.05) is 95.7 Å². The zero-order valence-electron chi connectivity index (χ0n) is 20.0. The van der Waals surface area contributed by atoms with E-state index in [2.05, 4.69) is 36.4 Å². The number of carbonyl (C=O) groups is 1. The molecule has 0 bridgehead atoms. The first kappa shape index (κ1) is 22.3. The number of hydrogen-bond acceptors (Lipinski definition) is 4. The molecule has 3 aromatic carbocycles. The van der Waals surface area contributed by atoms with E-state index >= 15 is 0 Å². The van der Waals surface area contributed by atoms with Crippen molar-refractivity contribution in [3.8, 4) is 11.3 Å². The topological polar surface area (TPSA) is 71.3 Å². The van der Waals surface area contributed by atoms with E-state index in [9.17, 15) is 4.79 Å². The lowest BCUT2D eigenvalue weighted by Crippen LogP contribution is -2.14. The number of rotatable bonds is 5. The number of para-hydroxylation sites is 1. The fourth-order valence-corrected chi connectivity index (χ4v) is 3.89.